The first-order chi connectivity index (χ1) is 18.0. The number of hydrogen-bond acceptors (Lipinski definition) is 8. The summed E-state index contributed by atoms with van der Waals surface area (Å²) in [5, 5.41) is 17.5. The van der Waals surface area contributed by atoms with Gasteiger partial charge in [-0.25, -0.2) is 9.97 Å². The van der Waals surface area contributed by atoms with Gasteiger partial charge in [-0.05, 0) is 70.1 Å². The van der Waals surface area contributed by atoms with Gasteiger partial charge in [0.15, 0.2) is 0 Å². The molecule has 37 heavy (non-hydrogen) atoms. The van der Waals surface area contributed by atoms with Crippen molar-refractivity contribution in [3.63, 3.8) is 0 Å². The van der Waals surface area contributed by atoms with E-state index in [9.17, 15) is 5.11 Å². The molecule has 0 aliphatic heterocycles. The van der Waals surface area contributed by atoms with E-state index in [2.05, 4.69) is 66.7 Å². The fraction of sp³-hybridized carbons (Fsp3) is 0.448. The normalized spacial score (nSPS) is 15.1. The smallest absolute Gasteiger partial charge is 0.225 e. The van der Waals surface area contributed by atoms with Crippen molar-refractivity contribution < 1.29 is 5.11 Å². The molecule has 3 aromatic heterocycles. The molecular formula is C29H36N6OS. The summed E-state index contributed by atoms with van der Waals surface area (Å²) in [5.41, 5.74) is 6.42. The maximum Gasteiger partial charge on any atom is 0.225 e. The highest BCUT2D eigenvalue weighted by atomic mass is 32.1. The van der Waals surface area contributed by atoms with Crippen LogP contribution in [0.1, 0.15) is 80.4 Å². The fourth-order valence-corrected chi connectivity index (χ4v) is 5.96. The van der Waals surface area contributed by atoms with Crippen LogP contribution in [0, 0.1) is 13.8 Å². The quantitative estimate of drug-likeness (QED) is 0.202. The summed E-state index contributed by atoms with van der Waals surface area (Å²) in [6.45, 7) is 8.64. The Balaban J connectivity index is 1.55. The molecule has 0 amide bonds. The largest absolute Gasteiger partial charge is 0.396 e. The Morgan fingerprint density at radius 3 is 2.62 bits per heavy atom. The zero-order valence-electron chi connectivity index (χ0n) is 22.1. The number of rotatable bonds is 11. The number of thiazole rings is 1. The maximum atomic E-state index is 9.41. The molecule has 8 heteroatoms. The number of anilines is 2. The zero-order chi connectivity index (χ0) is 25.9. The van der Waals surface area contributed by atoms with E-state index < -0.39 is 0 Å². The summed E-state index contributed by atoms with van der Waals surface area (Å²) in [6.07, 6.45) is 6.83. The zero-order valence-corrected chi connectivity index (χ0v) is 22.9. The van der Waals surface area contributed by atoms with Crippen LogP contribution in [-0.4, -0.2) is 37.7 Å². The molecular weight excluding hydrogens is 480 g/mol. The predicted octanol–water partition coefficient (Wildman–Crippen LogP) is 6.78. The Labute approximate surface area is 222 Å². The number of hydrogen-bond donors (Lipinski definition) is 3. The highest BCUT2D eigenvalue weighted by Crippen LogP contribution is 2.44. The fourth-order valence-electron chi connectivity index (χ4n) is 4.89. The lowest BCUT2D eigenvalue weighted by molar-refractivity contribution is 0.280. The van der Waals surface area contributed by atoms with Gasteiger partial charge in [0.1, 0.15) is 16.3 Å². The van der Waals surface area contributed by atoms with Crippen LogP contribution in [0.5, 0.6) is 0 Å². The molecule has 1 aliphatic carbocycles. The van der Waals surface area contributed by atoms with E-state index in [0.717, 1.165) is 57.3 Å². The molecule has 4 aromatic rings. The van der Waals surface area contributed by atoms with E-state index in [-0.39, 0.29) is 18.7 Å². The lowest BCUT2D eigenvalue weighted by atomic mass is 10.0. The van der Waals surface area contributed by atoms with Crippen molar-refractivity contribution in [2.75, 3.05) is 17.2 Å². The molecule has 3 heterocycles. The highest BCUT2D eigenvalue weighted by Gasteiger charge is 2.29. The van der Waals surface area contributed by atoms with Crippen molar-refractivity contribution in [2.45, 2.75) is 77.8 Å². The van der Waals surface area contributed by atoms with Gasteiger partial charge in [-0.1, -0.05) is 31.2 Å². The first-order valence-corrected chi connectivity index (χ1v) is 14.1. The van der Waals surface area contributed by atoms with E-state index in [1.807, 2.05) is 13.1 Å². The molecule has 0 bridgehead atoms. The SMILES string of the molecule is CCC(CCCO)Nc1nc(N[C@H](C)c2ccccc2C)nc(C)c1-c1nc2c(C3CC3)nccc2s1. The van der Waals surface area contributed by atoms with Crippen LogP contribution in [0.25, 0.3) is 20.8 Å². The van der Waals surface area contributed by atoms with Gasteiger partial charge in [-0.2, -0.15) is 4.98 Å². The molecule has 0 spiro atoms. The summed E-state index contributed by atoms with van der Waals surface area (Å²) in [7, 11) is 0. The molecule has 0 radical (unpaired) electrons. The Morgan fingerprint density at radius 2 is 1.89 bits per heavy atom. The number of pyridine rings is 1. The van der Waals surface area contributed by atoms with Crippen molar-refractivity contribution in [1.82, 2.24) is 19.9 Å². The van der Waals surface area contributed by atoms with Gasteiger partial charge < -0.3 is 15.7 Å². The minimum Gasteiger partial charge on any atom is -0.396 e. The van der Waals surface area contributed by atoms with Crippen molar-refractivity contribution in [3.05, 3.63) is 59.0 Å². The van der Waals surface area contributed by atoms with Gasteiger partial charge >= 0.3 is 0 Å². The Bertz CT molecular complexity index is 1380. The number of nitrogens with zero attached hydrogens (tertiary/aromatic N) is 4. The van der Waals surface area contributed by atoms with E-state index >= 15 is 0 Å². The average Bonchev–Trinajstić information content (AvgIpc) is 3.64. The van der Waals surface area contributed by atoms with Gasteiger partial charge in [0.2, 0.25) is 5.95 Å². The van der Waals surface area contributed by atoms with Crippen molar-refractivity contribution in [2.24, 2.45) is 0 Å². The van der Waals surface area contributed by atoms with Crippen molar-refractivity contribution in [1.29, 1.82) is 0 Å². The third-order valence-electron chi connectivity index (χ3n) is 7.15. The second kappa shape index (κ2) is 11.1. The predicted molar refractivity (Wildman–Crippen MR) is 152 cm³/mol. The van der Waals surface area contributed by atoms with Crippen LogP contribution in [-0.2, 0) is 0 Å². The standard InChI is InChI=1S/C29H36N6OS/c1-5-21(10-8-16-36)33-27-24(28-34-26-23(37-28)14-15-30-25(26)20-12-13-20)19(4)32-29(35-27)31-18(3)22-11-7-6-9-17(22)2/h6-7,9,11,14-15,18,20-21,36H,5,8,10,12-13,16H2,1-4H3,(H2,31,32,33,35)/t18-,21?/m1/s1. The molecule has 2 atom stereocenters. The van der Waals surface area contributed by atoms with Gasteiger partial charge in [0, 0.05) is 24.8 Å². The minimum atomic E-state index is 0.0605. The first kappa shape index (κ1) is 25.5. The first-order valence-electron chi connectivity index (χ1n) is 13.3. The van der Waals surface area contributed by atoms with Gasteiger partial charge in [0.05, 0.1) is 27.7 Å². The molecule has 1 unspecified atom stereocenters. The van der Waals surface area contributed by atoms with E-state index in [1.54, 1.807) is 11.3 Å². The second-order valence-corrected chi connectivity index (χ2v) is 11.1. The Morgan fingerprint density at radius 1 is 1.08 bits per heavy atom. The summed E-state index contributed by atoms with van der Waals surface area (Å²) in [5.74, 6) is 1.92. The maximum absolute atomic E-state index is 9.41. The topological polar surface area (TPSA) is 95.8 Å². The second-order valence-electron chi connectivity index (χ2n) is 10.0. The van der Waals surface area contributed by atoms with Crippen LogP contribution >= 0.6 is 11.3 Å². The van der Waals surface area contributed by atoms with Crippen LogP contribution in [0.2, 0.25) is 0 Å². The number of aryl methyl sites for hydroxylation is 2. The average molecular weight is 517 g/mol. The summed E-state index contributed by atoms with van der Waals surface area (Å²) >= 11 is 1.68. The summed E-state index contributed by atoms with van der Waals surface area (Å²) in [6, 6.07) is 10.7. The molecule has 1 saturated carbocycles. The number of aliphatic hydroxyl groups excluding tert-OH is 1. The number of fused-ring (bicyclic) bond motifs is 1. The molecule has 1 aromatic carbocycles. The monoisotopic (exact) mass is 516 g/mol. The van der Waals surface area contributed by atoms with Gasteiger partial charge in [-0.15, -0.1) is 11.3 Å². The van der Waals surface area contributed by atoms with Crippen LogP contribution in [0.15, 0.2) is 36.5 Å². The number of benzene rings is 1. The number of aromatic nitrogens is 4. The van der Waals surface area contributed by atoms with E-state index in [4.69, 9.17) is 15.0 Å². The highest BCUT2D eigenvalue weighted by molar-refractivity contribution is 7.21. The summed E-state index contributed by atoms with van der Waals surface area (Å²) < 4.78 is 1.15. The number of nitrogens with one attached hydrogen (secondary N) is 2. The third kappa shape index (κ3) is 5.60. The molecule has 194 valence electrons. The van der Waals surface area contributed by atoms with Gasteiger partial charge in [0.25, 0.3) is 0 Å². The lowest BCUT2D eigenvalue weighted by Crippen LogP contribution is -2.21. The van der Waals surface area contributed by atoms with Gasteiger partial charge in [-0.3, -0.25) is 4.98 Å². The molecule has 1 fully saturated rings. The van der Waals surface area contributed by atoms with Crippen molar-refractivity contribution >= 4 is 33.3 Å². The van der Waals surface area contributed by atoms with Crippen LogP contribution in [0.4, 0.5) is 11.8 Å². The van der Waals surface area contributed by atoms with Crippen molar-refractivity contribution in [3.8, 4) is 10.6 Å². The number of aliphatic hydroxyl groups is 1. The molecule has 3 N–H and O–H groups in total. The minimum absolute atomic E-state index is 0.0605. The Hall–Kier alpha value is -3.10. The lowest BCUT2D eigenvalue weighted by Gasteiger charge is -2.22. The van der Waals surface area contributed by atoms with Crippen LogP contribution in [0.3, 0.4) is 0 Å². The molecule has 5 rings (SSSR count). The van der Waals surface area contributed by atoms with E-state index in [0.29, 0.717) is 11.9 Å². The summed E-state index contributed by atoms with van der Waals surface area (Å²) in [4.78, 5) is 19.6. The molecule has 0 saturated heterocycles. The van der Waals surface area contributed by atoms with Crippen LogP contribution < -0.4 is 10.6 Å². The third-order valence-corrected chi connectivity index (χ3v) is 8.19. The molecule has 7 nitrogen and oxygen atoms in total. The van der Waals surface area contributed by atoms with E-state index in [1.165, 1.54) is 24.0 Å². The Kier molecular flexibility index (Phi) is 7.67. The molecule has 1 aliphatic rings.